The molecule has 2 heterocycles. The van der Waals surface area contributed by atoms with E-state index in [1.54, 1.807) is 6.92 Å². The monoisotopic (exact) mass is 332 g/mol. The molecular formula is C14H13ClN6S. The summed E-state index contributed by atoms with van der Waals surface area (Å²) in [5, 5.41) is 1.32. The van der Waals surface area contributed by atoms with Crippen molar-refractivity contribution < 1.29 is 0 Å². The van der Waals surface area contributed by atoms with Gasteiger partial charge in [-0.15, -0.1) is 0 Å². The first-order valence-electron chi connectivity index (χ1n) is 6.47. The van der Waals surface area contributed by atoms with Gasteiger partial charge in [0.1, 0.15) is 10.9 Å². The molecule has 3 aromatic rings. The summed E-state index contributed by atoms with van der Waals surface area (Å²) in [5.41, 5.74) is 13.8. The smallest absolute Gasteiger partial charge is 0.185 e. The van der Waals surface area contributed by atoms with Crippen LogP contribution in [0.5, 0.6) is 0 Å². The maximum Gasteiger partial charge on any atom is 0.185 e. The van der Waals surface area contributed by atoms with Crippen LogP contribution in [0.3, 0.4) is 0 Å². The lowest BCUT2D eigenvalue weighted by Crippen LogP contribution is -2.04. The van der Waals surface area contributed by atoms with Gasteiger partial charge in [-0.2, -0.15) is 0 Å². The van der Waals surface area contributed by atoms with Crippen LogP contribution in [0.1, 0.15) is 11.4 Å². The predicted octanol–water partition coefficient (Wildman–Crippen LogP) is 2.84. The largest absolute Gasteiger partial charge is 0.382 e. The van der Waals surface area contributed by atoms with Crippen molar-refractivity contribution in [1.29, 1.82) is 0 Å². The first-order valence-corrected chi connectivity index (χ1v) is 7.84. The van der Waals surface area contributed by atoms with Crippen molar-refractivity contribution >= 4 is 46.2 Å². The van der Waals surface area contributed by atoms with E-state index >= 15 is 0 Å². The van der Waals surface area contributed by atoms with E-state index in [1.165, 1.54) is 11.8 Å². The Balaban J connectivity index is 1.90. The molecule has 0 bridgehead atoms. The highest BCUT2D eigenvalue weighted by molar-refractivity contribution is 7.98. The standard InChI is InChI=1S/C14H13ClN6S/c1-7-18-11(16)10-13(19-7)21-12(17)14(20-10)22-6-8-2-4-9(15)5-3-8/h2-5H,6H2,1H3,(H4,16,17,18,19,21). The Bertz CT molecular complexity index is 837. The predicted molar refractivity (Wildman–Crippen MR) is 89.7 cm³/mol. The summed E-state index contributed by atoms with van der Waals surface area (Å²) in [5.74, 6) is 1.89. The van der Waals surface area contributed by atoms with Gasteiger partial charge in [0.05, 0.1) is 0 Å². The second kappa shape index (κ2) is 5.94. The van der Waals surface area contributed by atoms with Crippen LogP contribution in [0.25, 0.3) is 11.2 Å². The lowest BCUT2D eigenvalue weighted by atomic mass is 10.2. The lowest BCUT2D eigenvalue weighted by Gasteiger charge is -2.07. The lowest BCUT2D eigenvalue weighted by molar-refractivity contribution is 1.04. The van der Waals surface area contributed by atoms with Crippen molar-refractivity contribution in [3.8, 4) is 0 Å². The number of fused-ring (bicyclic) bond motifs is 1. The Hall–Kier alpha value is -2.12. The van der Waals surface area contributed by atoms with E-state index < -0.39 is 0 Å². The number of aromatic nitrogens is 4. The van der Waals surface area contributed by atoms with Crippen LogP contribution >= 0.6 is 23.4 Å². The van der Waals surface area contributed by atoms with Gasteiger partial charge < -0.3 is 11.5 Å². The van der Waals surface area contributed by atoms with Gasteiger partial charge in [0.15, 0.2) is 22.8 Å². The van der Waals surface area contributed by atoms with Crippen LogP contribution in [0.15, 0.2) is 29.3 Å². The molecule has 22 heavy (non-hydrogen) atoms. The molecule has 0 atom stereocenters. The Kier molecular flexibility index (Phi) is 4.00. The summed E-state index contributed by atoms with van der Waals surface area (Å²) in [6.07, 6.45) is 0. The minimum Gasteiger partial charge on any atom is -0.382 e. The van der Waals surface area contributed by atoms with Crippen LogP contribution in [0.4, 0.5) is 11.6 Å². The maximum absolute atomic E-state index is 5.96. The molecule has 0 saturated heterocycles. The number of nitrogens with two attached hydrogens (primary N) is 2. The average Bonchev–Trinajstić information content (AvgIpc) is 2.47. The third-order valence-electron chi connectivity index (χ3n) is 2.95. The molecule has 0 fully saturated rings. The summed E-state index contributed by atoms with van der Waals surface area (Å²) in [6, 6.07) is 7.62. The van der Waals surface area contributed by atoms with Crippen LogP contribution in [0.2, 0.25) is 5.02 Å². The number of thioether (sulfide) groups is 1. The molecule has 0 unspecified atom stereocenters. The molecule has 0 aliphatic heterocycles. The van der Waals surface area contributed by atoms with Gasteiger partial charge in [0.2, 0.25) is 0 Å². The summed E-state index contributed by atoms with van der Waals surface area (Å²) < 4.78 is 0. The zero-order chi connectivity index (χ0) is 15.7. The van der Waals surface area contributed by atoms with Crippen molar-refractivity contribution in [3.05, 3.63) is 40.7 Å². The van der Waals surface area contributed by atoms with Gasteiger partial charge in [-0.1, -0.05) is 35.5 Å². The number of hydrogen-bond acceptors (Lipinski definition) is 7. The van der Waals surface area contributed by atoms with Gasteiger partial charge >= 0.3 is 0 Å². The zero-order valence-corrected chi connectivity index (χ0v) is 13.3. The first kappa shape index (κ1) is 14.8. The second-order valence-corrected chi connectivity index (χ2v) is 6.06. The first-order chi connectivity index (χ1) is 10.5. The summed E-state index contributed by atoms with van der Waals surface area (Å²) >= 11 is 7.35. The molecule has 0 aliphatic carbocycles. The summed E-state index contributed by atoms with van der Waals surface area (Å²) in [6.45, 7) is 1.75. The van der Waals surface area contributed by atoms with Crippen LogP contribution in [-0.4, -0.2) is 19.9 Å². The fourth-order valence-electron chi connectivity index (χ4n) is 1.92. The number of nitrogens with zero attached hydrogens (tertiary/aromatic N) is 4. The van der Waals surface area contributed by atoms with E-state index in [0.717, 1.165) is 5.56 Å². The van der Waals surface area contributed by atoms with Crippen molar-refractivity contribution in [2.75, 3.05) is 11.5 Å². The molecular weight excluding hydrogens is 320 g/mol. The molecule has 8 heteroatoms. The fraction of sp³-hybridized carbons (Fsp3) is 0.143. The van der Waals surface area contributed by atoms with Crippen molar-refractivity contribution in [2.45, 2.75) is 17.7 Å². The van der Waals surface area contributed by atoms with E-state index in [-0.39, 0.29) is 0 Å². The normalized spacial score (nSPS) is 11.0. The zero-order valence-electron chi connectivity index (χ0n) is 11.7. The SMILES string of the molecule is Cc1nc(N)c2nc(SCc3ccc(Cl)cc3)c(N)nc2n1. The van der Waals surface area contributed by atoms with E-state index in [4.69, 9.17) is 23.1 Å². The highest BCUT2D eigenvalue weighted by Gasteiger charge is 2.11. The molecule has 6 nitrogen and oxygen atoms in total. The minimum atomic E-state index is 0.309. The highest BCUT2D eigenvalue weighted by Crippen LogP contribution is 2.28. The highest BCUT2D eigenvalue weighted by atomic mass is 35.5. The molecule has 4 N–H and O–H groups in total. The maximum atomic E-state index is 5.96. The van der Waals surface area contributed by atoms with Gasteiger partial charge in [0, 0.05) is 10.8 Å². The summed E-state index contributed by atoms with van der Waals surface area (Å²) in [4.78, 5) is 17.0. The number of aryl methyl sites for hydroxylation is 1. The number of nitrogen functional groups attached to an aromatic ring is 2. The van der Waals surface area contributed by atoms with Gasteiger partial charge in [-0.3, -0.25) is 0 Å². The molecule has 1 aromatic carbocycles. The minimum absolute atomic E-state index is 0.309. The van der Waals surface area contributed by atoms with E-state index in [0.29, 0.717) is 44.4 Å². The molecule has 3 rings (SSSR count). The topological polar surface area (TPSA) is 104 Å². The Morgan fingerprint density at radius 1 is 1.00 bits per heavy atom. The number of benzene rings is 1. The average molecular weight is 333 g/mol. The molecule has 112 valence electrons. The van der Waals surface area contributed by atoms with Crippen LogP contribution < -0.4 is 11.5 Å². The van der Waals surface area contributed by atoms with E-state index in [1.807, 2.05) is 24.3 Å². The molecule has 0 saturated carbocycles. The van der Waals surface area contributed by atoms with Crippen molar-refractivity contribution in [2.24, 2.45) is 0 Å². The van der Waals surface area contributed by atoms with Crippen LogP contribution in [-0.2, 0) is 5.75 Å². The van der Waals surface area contributed by atoms with E-state index in [2.05, 4.69) is 19.9 Å². The second-order valence-electron chi connectivity index (χ2n) is 4.66. The third-order valence-corrected chi connectivity index (χ3v) is 4.26. The molecule has 0 spiro atoms. The van der Waals surface area contributed by atoms with Crippen molar-refractivity contribution in [1.82, 2.24) is 19.9 Å². The molecule has 0 amide bonds. The molecule has 0 aliphatic rings. The van der Waals surface area contributed by atoms with Gasteiger partial charge in [0.25, 0.3) is 0 Å². The Morgan fingerprint density at radius 3 is 2.45 bits per heavy atom. The molecule has 0 radical (unpaired) electrons. The van der Waals surface area contributed by atoms with Crippen molar-refractivity contribution in [3.63, 3.8) is 0 Å². The number of hydrogen-bond donors (Lipinski definition) is 2. The van der Waals surface area contributed by atoms with E-state index in [9.17, 15) is 0 Å². The fourth-order valence-corrected chi connectivity index (χ4v) is 2.89. The number of anilines is 2. The number of rotatable bonds is 3. The van der Waals surface area contributed by atoms with Gasteiger partial charge in [-0.25, -0.2) is 19.9 Å². The number of halogens is 1. The Labute approximate surface area is 136 Å². The van der Waals surface area contributed by atoms with Gasteiger partial charge in [-0.05, 0) is 24.6 Å². The summed E-state index contributed by atoms with van der Waals surface area (Å²) in [7, 11) is 0. The Morgan fingerprint density at radius 2 is 1.73 bits per heavy atom. The third kappa shape index (κ3) is 3.05. The van der Waals surface area contributed by atoms with Crippen LogP contribution in [0, 0.1) is 6.92 Å². The quantitative estimate of drug-likeness (QED) is 0.710. The molecule has 2 aromatic heterocycles.